The highest BCUT2D eigenvalue weighted by Gasteiger charge is 2.47. The summed E-state index contributed by atoms with van der Waals surface area (Å²) in [5.41, 5.74) is 2.12. The maximum absolute atomic E-state index is 13.4. The first-order valence-corrected chi connectivity index (χ1v) is 10.6. The minimum atomic E-state index is -4.10. The van der Waals surface area contributed by atoms with Crippen LogP contribution >= 0.6 is 0 Å². The molecule has 1 N–H and O–H groups in total. The van der Waals surface area contributed by atoms with Crippen LogP contribution in [0.5, 0.6) is 0 Å². The fourth-order valence-corrected chi connectivity index (χ4v) is 5.14. The second-order valence-electron chi connectivity index (χ2n) is 6.85. The van der Waals surface area contributed by atoms with Crippen LogP contribution in [-0.2, 0) is 14.6 Å². The lowest BCUT2D eigenvalue weighted by atomic mass is 10.1. The lowest BCUT2D eigenvalue weighted by Gasteiger charge is -2.27. The quantitative estimate of drug-likeness (QED) is 0.701. The summed E-state index contributed by atoms with van der Waals surface area (Å²) in [6, 6.07) is 22.9. The average Bonchev–Trinajstić information content (AvgIpc) is 3.01. The summed E-state index contributed by atoms with van der Waals surface area (Å²) in [4.78, 5) is 14.1. The van der Waals surface area contributed by atoms with Gasteiger partial charge in [-0.05, 0) is 36.8 Å². The number of aliphatic hydroxyl groups is 1. The van der Waals surface area contributed by atoms with Crippen molar-refractivity contribution in [2.45, 2.75) is 17.9 Å². The topological polar surface area (TPSA) is 74.7 Å². The number of rotatable bonds is 4. The molecular weight excluding hydrogens is 386 g/mol. The molecule has 0 unspecified atom stereocenters. The standard InChI is InChI=1S/C23H19NO4S/c1-16-12-14-18(15-13-16)24-20(17-8-4-2-5-9-17)22(21(25)23(24)26)29(27,28)19-10-6-3-7-11-19/h2-15,20,25H,1H3/t20-/m1/s1. The molecule has 0 radical (unpaired) electrons. The van der Waals surface area contributed by atoms with Crippen molar-refractivity contribution in [1.29, 1.82) is 0 Å². The second kappa shape index (κ2) is 7.22. The molecule has 0 spiro atoms. The Kier molecular flexibility index (Phi) is 4.72. The molecule has 4 rings (SSSR count). The number of sulfone groups is 1. The molecule has 1 aliphatic heterocycles. The van der Waals surface area contributed by atoms with Crippen LogP contribution in [0.25, 0.3) is 0 Å². The number of nitrogens with zero attached hydrogens (tertiary/aromatic N) is 1. The van der Waals surface area contributed by atoms with Crippen LogP contribution in [-0.4, -0.2) is 19.4 Å². The summed E-state index contributed by atoms with van der Waals surface area (Å²) in [7, 11) is -4.10. The van der Waals surface area contributed by atoms with E-state index in [2.05, 4.69) is 0 Å². The average molecular weight is 405 g/mol. The third kappa shape index (κ3) is 3.21. The molecule has 146 valence electrons. The lowest BCUT2D eigenvalue weighted by Crippen LogP contribution is -2.31. The highest BCUT2D eigenvalue weighted by molar-refractivity contribution is 7.95. The third-order valence-electron chi connectivity index (χ3n) is 4.93. The molecule has 1 atom stereocenters. The molecule has 5 nitrogen and oxygen atoms in total. The fourth-order valence-electron chi connectivity index (χ4n) is 3.49. The first-order chi connectivity index (χ1) is 13.9. The first-order valence-electron chi connectivity index (χ1n) is 9.09. The van der Waals surface area contributed by atoms with Gasteiger partial charge in [0.15, 0.2) is 5.76 Å². The molecular formula is C23H19NO4S. The molecule has 0 bridgehead atoms. The molecule has 0 saturated heterocycles. The summed E-state index contributed by atoms with van der Waals surface area (Å²) in [6.45, 7) is 1.92. The zero-order valence-corrected chi connectivity index (χ0v) is 16.5. The van der Waals surface area contributed by atoms with Gasteiger partial charge in [-0.1, -0.05) is 66.2 Å². The van der Waals surface area contributed by atoms with Crippen LogP contribution in [0.2, 0.25) is 0 Å². The molecule has 1 aliphatic rings. The molecule has 3 aromatic carbocycles. The number of amides is 1. The molecule has 3 aromatic rings. The Morgan fingerprint density at radius 1 is 0.828 bits per heavy atom. The zero-order valence-electron chi connectivity index (χ0n) is 15.7. The highest BCUT2D eigenvalue weighted by atomic mass is 32.2. The number of carbonyl (C=O) groups is 1. The zero-order chi connectivity index (χ0) is 20.6. The Bertz CT molecular complexity index is 1180. The largest absolute Gasteiger partial charge is 0.502 e. The predicted octanol–water partition coefficient (Wildman–Crippen LogP) is 4.33. The summed E-state index contributed by atoms with van der Waals surface area (Å²) < 4.78 is 26.8. The monoisotopic (exact) mass is 405 g/mol. The SMILES string of the molecule is Cc1ccc(N2C(=O)C(O)=C(S(=O)(=O)c3ccccc3)[C@H]2c2ccccc2)cc1. The molecule has 1 heterocycles. The molecule has 0 aliphatic carbocycles. The van der Waals surface area contributed by atoms with Gasteiger partial charge in [-0.25, -0.2) is 8.42 Å². The lowest BCUT2D eigenvalue weighted by molar-refractivity contribution is -0.117. The van der Waals surface area contributed by atoms with Crippen molar-refractivity contribution in [3.63, 3.8) is 0 Å². The van der Waals surface area contributed by atoms with E-state index in [1.54, 1.807) is 54.6 Å². The third-order valence-corrected chi connectivity index (χ3v) is 6.82. The number of hydrogen-bond acceptors (Lipinski definition) is 4. The number of aliphatic hydroxyl groups excluding tert-OH is 1. The van der Waals surface area contributed by atoms with Crippen LogP contribution in [0, 0.1) is 6.92 Å². The van der Waals surface area contributed by atoms with Gasteiger partial charge < -0.3 is 5.11 Å². The van der Waals surface area contributed by atoms with Crippen molar-refractivity contribution in [3.05, 3.63) is 107 Å². The van der Waals surface area contributed by atoms with Gasteiger partial charge in [-0.2, -0.15) is 0 Å². The summed E-state index contributed by atoms with van der Waals surface area (Å²) >= 11 is 0. The van der Waals surface area contributed by atoms with E-state index in [1.807, 2.05) is 25.1 Å². The van der Waals surface area contributed by atoms with Crippen LogP contribution in [0.4, 0.5) is 5.69 Å². The van der Waals surface area contributed by atoms with E-state index in [4.69, 9.17) is 0 Å². The summed E-state index contributed by atoms with van der Waals surface area (Å²) in [5.74, 6) is -1.49. The Morgan fingerprint density at radius 2 is 1.38 bits per heavy atom. The van der Waals surface area contributed by atoms with Crippen LogP contribution in [0.15, 0.2) is 100 Å². The van der Waals surface area contributed by atoms with E-state index in [-0.39, 0.29) is 9.80 Å². The van der Waals surface area contributed by atoms with E-state index >= 15 is 0 Å². The summed E-state index contributed by atoms with van der Waals surface area (Å²) in [6.07, 6.45) is 0. The second-order valence-corrected chi connectivity index (χ2v) is 8.77. The van der Waals surface area contributed by atoms with Gasteiger partial charge in [0.2, 0.25) is 9.84 Å². The molecule has 0 fully saturated rings. The molecule has 6 heteroatoms. The fraction of sp³-hybridized carbons (Fsp3) is 0.0870. The molecule has 0 aromatic heterocycles. The summed E-state index contributed by atoms with van der Waals surface area (Å²) in [5, 5.41) is 10.7. The van der Waals surface area contributed by atoms with Gasteiger partial charge in [0.25, 0.3) is 5.91 Å². The van der Waals surface area contributed by atoms with Gasteiger partial charge in [-0.3, -0.25) is 9.69 Å². The van der Waals surface area contributed by atoms with Crippen molar-refractivity contribution < 1.29 is 18.3 Å². The molecule has 29 heavy (non-hydrogen) atoms. The van der Waals surface area contributed by atoms with E-state index in [1.165, 1.54) is 17.0 Å². The van der Waals surface area contributed by atoms with Gasteiger partial charge in [-0.15, -0.1) is 0 Å². The van der Waals surface area contributed by atoms with Crippen LogP contribution < -0.4 is 4.90 Å². The van der Waals surface area contributed by atoms with E-state index < -0.39 is 27.5 Å². The van der Waals surface area contributed by atoms with E-state index in [0.717, 1.165) is 5.56 Å². The maximum Gasteiger partial charge on any atom is 0.295 e. The van der Waals surface area contributed by atoms with E-state index in [9.17, 15) is 18.3 Å². The molecule has 1 amide bonds. The Morgan fingerprint density at radius 3 is 1.97 bits per heavy atom. The molecule has 0 saturated carbocycles. The van der Waals surface area contributed by atoms with Gasteiger partial charge in [0.05, 0.1) is 4.90 Å². The smallest absolute Gasteiger partial charge is 0.295 e. The van der Waals surface area contributed by atoms with Crippen molar-refractivity contribution in [2.75, 3.05) is 4.90 Å². The Hall–Kier alpha value is -3.38. The van der Waals surface area contributed by atoms with Crippen molar-refractivity contribution in [1.82, 2.24) is 0 Å². The number of aryl methyl sites for hydroxylation is 1. The van der Waals surface area contributed by atoms with Gasteiger partial charge in [0.1, 0.15) is 10.9 Å². The van der Waals surface area contributed by atoms with Crippen molar-refractivity contribution in [2.24, 2.45) is 0 Å². The van der Waals surface area contributed by atoms with Crippen molar-refractivity contribution >= 4 is 21.4 Å². The maximum atomic E-state index is 13.4. The minimum absolute atomic E-state index is 0.0287. The predicted molar refractivity (Wildman–Crippen MR) is 111 cm³/mol. The van der Waals surface area contributed by atoms with Crippen LogP contribution in [0.1, 0.15) is 17.2 Å². The number of hydrogen-bond donors (Lipinski definition) is 1. The van der Waals surface area contributed by atoms with Crippen molar-refractivity contribution in [3.8, 4) is 0 Å². The van der Waals surface area contributed by atoms with E-state index in [0.29, 0.717) is 11.3 Å². The highest BCUT2D eigenvalue weighted by Crippen LogP contribution is 2.44. The first kappa shape index (κ1) is 19.0. The number of anilines is 1. The van der Waals surface area contributed by atoms with Gasteiger partial charge in [0, 0.05) is 5.69 Å². The number of benzene rings is 3. The van der Waals surface area contributed by atoms with Gasteiger partial charge >= 0.3 is 0 Å². The Labute approximate surface area is 169 Å². The van der Waals surface area contributed by atoms with Crippen LogP contribution in [0.3, 0.4) is 0 Å². The minimum Gasteiger partial charge on any atom is -0.502 e. The normalized spacial score (nSPS) is 17.1. The number of carbonyl (C=O) groups excluding carboxylic acids is 1. The Balaban J connectivity index is 1.94.